The van der Waals surface area contributed by atoms with Crippen molar-refractivity contribution < 1.29 is 23.7 Å². The van der Waals surface area contributed by atoms with Gasteiger partial charge in [0.1, 0.15) is 5.75 Å². The van der Waals surface area contributed by atoms with Crippen LogP contribution >= 0.6 is 0 Å². The van der Waals surface area contributed by atoms with E-state index in [1.807, 2.05) is 48.5 Å². The summed E-state index contributed by atoms with van der Waals surface area (Å²) in [4.78, 5) is 12.3. The van der Waals surface area contributed by atoms with Crippen molar-refractivity contribution in [3.8, 4) is 23.0 Å². The minimum Gasteiger partial charge on any atom is -0.497 e. The molecule has 0 heterocycles. The lowest BCUT2D eigenvalue weighted by Crippen LogP contribution is -2.07. The Morgan fingerprint density at radius 3 is 1.75 bits per heavy atom. The molecule has 0 aliphatic carbocycles. The molecule has 0 aliphatic rings. The Kier molecular flexibility index (Phi) is 7.59. The molecule has 0 atom stereocenters. The van der Waals surface area contributed by atoms with E-state index in [1.165, 1.54) is 6.08 Å². The van der Waals surface area contributed by atoms with E-state index in [9.17, 15) is 4.79 Å². The third-order valence-electron chi connectivity index (χ3n) is 4.65. The Bertz CT molecular complexity index is 1050. The van der Waals surface area contributed by atoms with E-state index in [-0.39, 0.29) is 5.91 Å². The van der Waals surface area contributed by atoms with E-state index >= 15 is 0 Å². The van der Waals surface area contributed by atoms with E-state index in [2.05, 4.69) is 10.6 Å². The molecule has 0 fully saturated rings. The van der Waals surface area contributed by atoms with Crippen molar-refractivity contribution in [3.05, 3.63) is 72.3 Å². The minimum atomic E-state index is -0.255. The standard InChI is InChI=1S/C25H26N2O5/c1-29-21-12-10-19(11-13-21)26-18-6-8-20(9-7-18)27-24(28)14-5-17-15-22(30-2)25(32-4)23(16-17)31-3/h5-16,26H,1-4H3,(H,27,28)/b14-5+. The molecule has 0 aliphatic heterocycles. The topological polar surface area (TPSA) is 78.1 Å². The third-order valence-corrected chi connectivity index (χ3v) is 4.65. The predicted molar refractivity (Wildman–Crippen MR) is 126 cm³/mol. The zero-order chi connectivity index (χ0) is 22.9. The van der Waals surface area contributed by atoms with Crippen LogP contribution in [-0.2, 0) is 4.79 Å². The highest BCUT2D eigenvalue weighted by Gasteiger charge is 2.12. The number of nitrogens with one attached hydrogen (secondary N) is 2. The quantitative estimate of drug-likeness (QED) is 0.456. The first-order valence-corrected chi connectivity index (χ1v) is 9.86. The molecule has 0 saturated carbocycles. The van der Waals surface area contributed by atoms with Crippen LogP contribution in [0.15, 0.2) is 66.7 Å². The molecule has 0 spiro atoms. The van der Waals surface area contributed by atoms with Gasteiger partial charge in [0.2, 0.25) is 11.7 Å². The van der Waals surface area contributed by atoms with Crippen molar-refractivity contribution in [2.75, 3.05) is 39.1 Å². The molecule has 3 aromatic carbocycles. The van der Waals surface area contributed by atoms with Crippen molar-refractivity contribution in [1.82, 2.24) is 0 Å². The van der Waals surface area contributed by atoms with Gasteiger partial charge in [-0.05, 0) is 72.3 Å². The molecule has 2 N–H and O–H groups in total. The van der Waals surface area contributed by atoms with E-state index in [0.29, 0.717) is 22.9 Å². The lowest BCUT2D eigenvalue weighted by Gasteiger charge is -2.12. The molecule has 3 rings (SSSR count). The van der Waals surface area contributed by atoms with Crippen LogP contribution in [-0.4, -0.2) is 34.3 Å². The van der Waals surface area contributed by atoms with Crippen LogP contribution in [0, 0.1) is 0 Å². The predicted octanol–water partition coefficient (Wildman–Crippen LogP) is 5.12. The number of carbonyl (C=O) groups is 1. The van der Waals surface area contributed by atoms with E-state index in [0.717, 1.165) is 22.7 Å². The van der Waals surface area contributed by atoms with Gasteiger partial charge in [0, 0.05) is 23.1 Å². The van der Waals surface area contributed by atoms with Gasteiger partial charge in [-0.2, -0.15) is 0 Å². The molecule has 0 radical (unpaired) electrons. The number of amides is 1. The lowest BCUT2D eigenvalue weighted by molar-refractivity contribution is -0.111. The maximum absolute atomic E-state index is 12.3. The van der Waals surface area contributed by atoms with Gasteiger partial charge in [0.05, 0.1) is 28.4 Å². The van der Waals surface area contributed by atoms with E-state index in [1.54, 1.807) is 46.6 Å². The second-order valence-electron chi connectivity index (χ2n) is 6.71. The monoisotopic (exact) mass is 434 g/mol. The van der Waals surface area contributed by atoms with Gasteiger partial charge in [-0.15, -0.1) is 0 Å². The zero-order valence-corrected chi connectivity index (χ0v) is 18.5. The third kappa shape index (κ3) is 5.72. The molecule has 32 heavy (non-hydrogen) atoms. The fourth-order valence-electron chi connectivity index (χ4n) is 3.03. The number of carbonyl (C=O) groups excluding carboxylic acids is 1. The molecule has 3 aromatic rings. The van der Waals surface area contributed by atoms with Gasteiger partial charge in [-0.1, -0.05) is 0 Å². The van der Waals surface area contributed by atoms with Crippen LogP contribution in [0.2, 0.25) is 0 Å². The van der Waals surface area contributed by atoms with Crippen molar-refractivity contribution in [3.63, 3.8) is 0 Å². The van der Waals surface area contributed by atoms with Crippen molar-refractivity contribution in [1.29, 1.82) is 0 Å². The second kappa shape index (κ2) is 10.8. The van der Waals surface area contributed by atoms with Gasteiger partial charge in [-0.3, -0.25) is 4.79 Å². The van der Waals surface area contributed by atoms with Crippen LogP contribution in [0.4, 0.5) is 17.1 Å². The van der Waals surface area contributed by atoms with E-state index in [4.69, 9.17) is 18.9 Å². The molecule has 7 heteroatoms. The maximum Gasteiger partial charge on any atom is 0.248 e. The number of anilines is 3. The highest BCUT2D eigenvalue weighted by molar-refractivity contribution is 6.02. The number of methoxy groups -OCH3 is 4. The summed E-state index contributed by atoms with van der Waals surface area (Å²) in [5.74, 6) is 2.08. The summed E-state index contributed by atoms with van der Waals surface area (Å²) >= 11 is 0. The molecule has 0 bridgehead atoms. The summed E-state index contributed by atoms with van der Waals surface area (Å²) in [5.41, 5.74) is 3.27. The number of ether oxygens (including phenoxy) is 4. The summed E-state index contributed by atoms with van der Waals surface area (Å²) in [7, 11) is 6.27. The molecule has 0 saturated heterocycles. The average Bonchev–Trinajstić information content (AvgIpc) is 2.83. The zero-order valence-electron chi connectivity index (χ0n) is 18.5. The van der Waals surface area contributed by atoms with Crippen molar-refractivity contribution in [2.45, 2.75) is 0 Å². The van der Waals surface area contributed by atoms with Crippen LogP contribution in [0.25, 0.3) is 6.08 Å². The van der Waals surface area contributed by atoms with Gasteiger partial charge < -0.3 is 29.6 Å². The second-order valence-corrected chi connectivity index (χ2v) is 6.71. The molecule has 0 aromatic heterocycles. The Hall–Kier alpha value is -4.13. The first kappa shape index (κ1) is 22.6. The largest absolute Gasteiger partial charge is 0.497 e. The van der Waals surface area contributed by atoms with Gasteiger partial charge in [-0.25, -0.2) is 0 Å². The summed E-state index contributed by atoms with van der Waals surface area (Å²) < 4.78 is 21.1. The van der Waals surface area contributed by atoms with Crippen LogP contribution in [0.5, 0.6) is 23.0 Å². The Morgan fingerprint density at radius 1 is 0.719 bits per heavy atom. The first-order valence-electron chi connectivity index (χ1n) is 9.86. The highest BCUT2D eigenvalue weighted by atomic mass is 16.5. The van der Waals surface area contributed by atoms with Crippen molar-refractivity contribution >= 4 is 29.0 Å². The number of hydrogen-bond donors (Lipinski definition) is 2. The molecular formula is C25H26N2O5. The molecule has 1 amide bonds. The Morgan fingerprint density at radius 2 is 1.25 bits per heavy atom. The Labute approximate surface area is 187 Å². The van der Waals surface area contributed by atoms with Crippen molar-refractivity contribution in [2.24, 2.45) is 0 Å². The first-order chi connectivity index (χ1) is 15.6. The molecule has 0 unspecified atom stereocenters. The fraction of sp³-hybridized carbons (Fsp3) is 0.160. The smallest absolute Gasteiger partial charge is 0.248 e. The minimum absolute atomic E-state index is 0.255. The van der Waals surface area contributed by atoms with Crippen LogP contribution in [0.1, 0.15) is 5.56 Å². The van der Waals surface area contributed by atoms with Crippen LogP contribution < -0.4 is 29.6 Å². The van der Waals surface area contributed by atoms with Gasteiger partial charge in [0.15, 0.2) is 11.5 Å². The summed E-state index contributed by atoms with van der Waals surface area (Å²) in [5, 5.41) is 6.14. The number of hydrogen-bond acceptors (Lipinski definition) is 6. The maximum atomic E-state index is 12.3. The number of rotatable bonds is 9. The highest BCUT2D eigenvalue weighted by Crippen LogP contribution is 2.38. The summed E-state index contributed by atoms with van der Waals surface area (Å²) in [6, 6.07) is 18.6. The van der Waals surface area contributed by atoms with E-state index < -0.39 is 0 Å². The normalized spacial score (nSPS) is 10.5. The lowest BCUT2D eigenvalue weighted by atomic mass is 10.1. The van der Waals surface area contributed by atoms with Gasteiger partial charge in [0.25, 0.3) is 0 Å². The summed E-state index contributed by atoms with van der Waals surface area (Å²) in [6.45, 7) is 0. The SMILES string of the molecule is COc1ccc(Nc2ccc(NC(=O)/C=C/c3cc(OC)c(OC)c(OC)c3)cc2)cc1. The summed E-state index contributed by atoms with van der Waals surface area (Å²) in [6.07, 6.45) is 3.13. The molecule has 7 nitrogen and oxygen atoms in total. The fourth-order valence-corrected chi connectivity index (χ4v) is 3.03. The van der Waals surface area contributed by atoms with Gasteiger partial charge >= 0.3 is 0 Å². The Balaban J connectivity index is 1.62. The van der Waals surface area contributed by atoms with Crippen LogP contribution in [0.3, 0.4) is 0 Å². The molecular weight excluding hydrogens is 408 g/mol. The number of benzene rings is 3. The molecule has 166 valence electrons. The average molecular weight is 434 g/mol.